The molecule has 0 heterocycles. The van der Waals surface area contributed by atoms with Crippen LogP contribution in [0, 0.1) is 5.41 Å². The van der Waals surface area contributed by atoms with E-state index in [1.165, 1.54) is 12.8 Å². The molecular formula is C5H10S. The van der Waals surface area contributed by atoms with Crippen molar-refractivity contribution < 1.29 is 0 Å². The molecule has 1 saturated carbocycles. The van der Waals surface area contributed by atoms with Gasteiger partial charge < -0.3 is 0 Å². The second-order valence-electron chi connectivity index (χ2n) is 2.47. The number of thiol groups is 1. The van der Waals surface area contributed by atoms with E-state index in [9.17, 15) is 0 Å². The Hall–Kier alpha value is 0.350. The Kier molecular flexibility index (Phi) is 0.870. The second kappa shape index (κ2) is 1.16. The number of hydrogen-bond donors (Lipinski definition) is 1. The predicted octanol–water partition coefficient (Wildman–Crippen LogP) is 1.72. The Morgan fingerprint density at radius 1 is 1.67 bits per heavy atom. The minimum Gasteiger partial charge on any atom is -0.179 e. The molecule has 0 aromatic rings. The first-order chi connectivity index (χ1) is 2.77. The van der Waals surface area contributed by atoms with Gasteiger partial charge in [-0.2, -0.15) is 12.6 Å². The van der Waals surface area contributed by atoms with Crippen molar-refractivity contribution in [3.8, 4) is 0 Å². The first-order valence-corrected chi connectivity index (χ1v) is 3.01. The van der Waals surface area contributed by atoms with Gasteiger partial charge in [-0.1, -0.05) is 6.92 Å². The fraction of sp³-hybridized carbons (Fsp3) is 1.00. The van der Waals surface area contributed by atoms with Crippen molar-refractivity contribution in [2.45, 2.75) is 19.8 Å². The highest BCUT2D eigenvalue weighted by atomic mass is 32.1. The molecule has 0 bridgehead atoms. The van der Waals surface area contributed by atoms with Crippen LogP contribution in [0.5, 0.6) is 0 Å². The van der Waals surface area contributed by atoms with E-state index < -0.39 is 0 Å². The van der Waals surface area contributed by atoms with Gasteiger partial charge in [0.1, 0.15) is 0 Å². The summed E-state index contributed by atoms with van der Waals surface area (Å²) in [7, 11) is 0. The SMILES string of the molecule is CC1(CS)CC1. The third kappa shape index (κ3) is 0.700. The molecule has 0 unspecified atom stereocenters. The van der Waals surface area contributed by atoms with Crippen molar-refractivity contribution in [2.24, 2.45) is 5.41 Å². The van der Waals surface area contributed by atoms with E-state index in [0.717, 1.165) is 5.75 Å². The summed E-state index contributed by atoms with van der Waals surface area (Å²) in [6.45, 7) is 2.28. The Morgan fingerprint density at radius 3 is 2.17 bits per heavy atom. The van der Waals surface area contributed by atoms with Gasteiger partial charge in [-0.05, 0) is 24.0 Å². The molecule has 1 aliphatic rings. The lowest BCUT2D eigenvalue weighted by Gasteiger charge is -1.96. The first-order valence-electron chi connectivity index (χ1n) is 2.38. The Bertz CT molecular complexity index is 55.0. The molecule has 0 aromatic carbocycles. The van der Waals surface area contributed by atoms with Crippen molar-refractivity contribution >= 4 is 12.6 Å². The molecule has 0 nitrogen and oxygen atoms in total. The smallest absolute Gasteiger partial charge is 0.00438 e. The summed E-state index contributed by atoms with van der Waals surface area (Å²) in [6.07, 6.45) is 2.80. The van der Waals surface area contributed by atoms with Gasteiger partial charge >= 0.3 is 0 Å². The van der Waals surface area contributed by atoms with Crippen molar-refractivity contribution in [1.29, 1.82) is 0 Å². The molecule has 6 heavy (non-hydrogen) atoms. The van der Waals surface area contributed by atoms with Gasteiger partial charge in [-0.15, -0.1) is 0 Å². The summed E-state index contributed by atoms with van der Waals surface area (Å²) in [5.41, 5.74) is 0.656. The van der Waals surface area contributed by atoms with Gasteiger partial charge in [-0.25, -0.2) is 0 Å². The van der Waals surface area contributed by atoms with Crippen LogP contribution in [0.3, 0.4) is 0 Å². The van der Waals surface area contributed by atoms with Gasteiger partial charge in [-0.3, -0.25) is 0 Å². The summed E-state index contributed by atoms with van der Waals surface area (Å²) in [5, 5.41) is 0. The van der Waals surface area contributed by atoms with Crippen molar-refractivity contribution in [3.05, 3.63) is 0 Å². The lowest BCUT2D eigenvalue weighted by Crippen LogP contribution is -1.91. The number of hydrogen-bond acceptors (Lipinski definition) is 1. The molecular weight excluding hydrogens is 92.1 g/mol. The standard InChI is InChI=1S/C5H10S/c1-5(4-6)2-3-5/h6H,2-4H2,1H3. The zero-order chi connectivity index (χ0) is 4.62. The lowest BCUT2D eigenvalue weighted by atomic mass is 10.2. The second-order valence-corrected chi connectivity index (χ2v) is 2.79. The highest BCUT2D eigenvalue weighted by Gasteiger charge is 2.35. The van der Waals surface area contributed by atoms with Crippen LogP contribution < -0.4 is 0 Å². The predicted molar refractivity (Wildman–Crippen MR) is 31.2 cm³/mol. The van der Waals surface area contributed by atoms with E-state index in [1.807, 2.05) is 0 Å². The molecule has 36 valence electrons. The Morgan fingerprint density at radius 2 is 2.17 bits per heavy atom. The minimum atomic E-state index is 0.656. The highest BCUT2D eigenvalue weighted by Crippen LogP contribution is 2.45. The maximum atomic E-state index is 4.16. The van der Waals surface area contributed by atoms with Crippen LogP contribution in [0.15, 0.2) is 0 Å². The summed E-state index contributed by atoms with van der Waals surface area (Å²) < 4.78 is 0. The average molecular weight is 102 g/mol. The third-order valence-corrected chi connectivity index (χ3v) is 2.25. The van der Waals surface area contributed by atoms with E-state index in [1.54, 1.807) is 0 Å². The maximum absolute atomic E-state index is 4.16. The van der Waals surface area contributed by atoms with Crippen LogP contribution in [0.4, 0.5) is 0 Å². The zero-order valence-electron chi connectivity index (χ0n) is 4.07. The maximum Gasteiger partial charge on any atom is -0.00438 e. The van der Waals surface area contributed by atoms with Crippen molar-refractivity contribution in [2.75, 3.05) is 5.75 Å². The summed E-state index contributed by atoms with van der Waals surface area (Å²) in [6, 6.07) is 0. The minimum absolute atomic E-state index is 0.656. The van der Waals surface area contributed by atoms with E-state index >= 15 is 0 Å². The largest absolute Gasteiger partial charge is 0.179 e. The van der Waals surface area contributed by atoms with Crippen LogP contribution in [0.2, 0.25) is 0 Å². The summed E-state index contributed by atoms with van der Waals surface area (Å²) in [4.78, 5) is 0. The van der Waals surface area contributed by atoms with Gasteiger partial charge in [0.2, 0.25) is 0 Å². The fourth-order valence-corrected chi connectivity index (χ4v) is 0.688. The molecule has 1 rings (SSSR count). The normalized spacial score (nSPS) is 27.0. The first kappa shape index (κ1) is 4.51. The van der Waals surface area contributed by atoms with E-state index in [4.69, 9.17) is 0 Å². The molecule has 0 amide bonds. The van der Waals surface area contributed by atoms with Gasteiger partial charge in [0, 0.05) is 0 Å². The van der Waals surface area contributed by atoms with Crippen LogP contribution in [-0.4, -0.2) is 5.75 Å². The Balaban J connectivity index is 2.28. The topological polar surface area (TPSA) is 0 Å². The van der Waals surface area contributed by atoms with Gasteiger partial charge in [0.25, 0.3) is 0 Å². The van der Waals surface area contributed by atoms with Crippen LogP contribution >= 0.6 is 12.6 Å². The lowest BCUT2D eigenvalue weighted by molar-refractivity contribution is 0.669. The van der Waals surface area contributed by atoms with Crippen LogP contribution in [0.1, 0.15) is 19.8 Å². The van der Waals surface area contributed by atoms with Crippen LogP contribution in [0.25, 0.3) is 0 Å². The summed E-state index contributed by atoms with van der Waals surface area (Å²) in [5.74, 6) is 1.08. The summed E-state index contributed by atoms with van der Waals surface area (Å²) >= 11 is 4.16. The van der Waals surface area contributed by atoms with Crippen molar-refractivity contribution in [1.82, 2.24) is 0 Å². The fourth-order valence-electron chi connectivity index (χ4n) is 0.372. The van der Waals surface area contributed by atoms with Gasteiger partial charge in [0.15, 0.2) is 0 Å². The molecule has 0 aromatic heterocycles. The van der Waals surface area contributed by atoms with Crippen molar-refractivity contribution in [3.63, 3.8) is 0 Å². The molecule has 0 N–H and O–H groups in total. The van der Waals surface area contributed by atoms with E-state index in [0.29, 0.717) is 5.41 Å². The molecule has 1 heteroatoms. The zero-order valence-corrected chi connectivity index (χ0v) is 4.96. The monoisotopic (exact) mass is 102 g/mol. The molecule has 1 fully saturated rings. The third-order valence-electron chi connectivity index (χ3n) is 1.49. The number of rotatable bonds is 1. The molecule has 0 saturated heterocycles. The molecule has 0 radical (unpaired) electrons. The van der Waals surface area contributed by atoms with E-state index in [-0.39, 0.29) is 0 Å². The quantitative estimate of drug-likeness (QED) is 0.479. The molecule has 1 aliphatic carbocycles. The molecule has 0 spiro atoms. The van der Waals surface area contributed by atoms with E-state index in [2.05, 4.69) is 19.6 Å². The highest BCUT2D eigenvalue weighted by molar-refractivity contribution is 7.80. The van der Waals surface area contributed by atoms with Crippen LogP contribution in [-0.2, 0) is 0 Å². The molecule has 0 atom stereocenters. The Labute approximate surface area is 44.3 Å². The average Bonchev–Trinajstić information content (AvgIpc) is 2.22. The molecule has 0 aliphatic heterocycles. The van der Waals surface area contributed by atoms with Gasteiger partial charge in [0.05, 0.1) is 0 Å².